The zero-order valence-electron chi connectivity index (χ0n) is 11.0. The number of amides is 1. The fourth-order valence-electron chi connectivity index (χ4n) is 2.16. The largest absolute Gasteiger partial charge is 0.506 e. The molecule has 1 N–H and O–H groups in total. The molecule has 2 aromatic rings. The highest BCUT2D eigenvalue weighted by molar-refractivity contribution is 6.03. The van der Waals surface area contributed by atoms with Crippen LogP contribution in [-0.2, 0) is 0 Å². The van der Waals surface area contributed by atoms with Crippen LogP contribution >= 0.6 is 0 Å². The third-order valence-corrected chi connectivity index (χ3v) is 3.26. The summed E-state index contributed by atoms with van der Waals surface area (Å²) < 4.78 is 13.6. The number of benzene rings is 2. The van der Waals surface area contributed by atoms with Crippen molar-refractivity contribution in [2.24, 2.45) is 0 Å². The van der Waals surface area contributed by atoms with Crippen molar-refractivity contribution in [3.8, 4) is 5.75 Å². The topological polar surface area (TPSA) is 40.5 Å². The summed E-state index contributed by atoms with van der Waals surface area (Å²) in [6, 6.07) is 7.45. The van der Waals surface area contributed by atoms with Crippen LogP contribution in [0.4, 0.5) is 4.39 Å². The number of phenolic OH excluding ortho intramolecular Hbond substituents is 1. The van der Waals surface area contributed by atoms with Gasteiger partial charge < -0.3 is 10.0 Å². The highest BCUT2D eigenvalue weighted by Crippen LogP contribution is 2.30. The van der Waals surface area contributed by atoms with Crippen LogP contribution in [0.5, 0.6) is 5.75 Å². The molecule has 0 spiro atoms. The predicted octanol–water partition coefficient (Wildman–Crippen LogP) is 3.17. The summed E-state index contributed by atoms with van der Waals surface area (Å²) in [5.74, 6) is -0.808. The molecule has 0 aliphatic heterocycles. The molecule has 0 radical (unpaired) electrons. The van der Waals surface area contributed by atoms with Gasteiger partial charge in [0.1, 0.15) is 11.6 Å². The number of aromatic hydroxyl groups is 1. The number of nitrogens with zero attached hydrogens (tertiary/aromatic N) is 1. The normalized spacial score (nSPS) is 10.7. The van der Waals surface area contributed by atoms with Crippen LogP contribution < -0.4 is 0 Å². The predicted molar refractivity (Wildman–Crippen MR) is 72.8 cm³/mol. The van der Waals surface area contributed by atoms with Gasteiger partial charge in [0.2, 0.25) is 0 Å². The van der Waals surface area contributed by atoms with Crippen molar-refractivity contribution >= 4 is 16.7 Å². The molecule has 0 heterocycles. The molecule has 100 valence electrons. The van der Waals surface area contributed by atoms with Gasteiger partial charge in [0, 0.05) is 23.9 Å². The molecule has 2 rings (SSSR count). The minimum absolute atomic E-state index is 0.158. The third kappa shape index (κ3) is 2.26. The lowest BCUT2D eigenvalue weighted by Gasteiger charge is -2.19. The molecular formula is C15H16FNO2. The van der Waals surface area contributed by atoms with Gasteiger partial charge in [-0.2, -0.15) is 0 Å². The van der Waals surface area contributed by atoms with E-state index in [2.05, 4.69) is 0 Å². The van der Waals surface area contributed by atoms with Gasteiger partial charge in [-0.3, -0.25) is 4.79 Å². The van der Waals surface area contributed by atoms with Gasteiger partial charge in [0.25, 0.3) is 5.91 Å². The molecule has 0 fully saturated rings. The number of hydrogen-bond acceptors (Lipinski definition) is 2. The summed E-state index contributed by atoms with van der Waals surface area (Å²) >= 11 is 0. The van der Waals surface area contributed by atoms with E-state index in [1.54, 1.807) is 11.0 Å². The van der Waals surface area contributed by atoms with Crippen molar-refractivity contribution in [1.29, 1.82) is 0 Å². The number of halogens is 1. The second-order valence-electron chi connectivity index (χ2n) is 4.27. The highest BCUT2D eigenvalue weighted by Gasteiger charge is 2.18. The molecule has 4 heteroatoms. The molecule has 0 atom stereocenters. The van der Waals surface area contributed by atoms with Crippen LogP contribution in [0.1, 0.15) is 24.2 Å². The van der Waals surface area contributed by atoms with E-state index in [0.29, 0.717) is 23.9 Å². The minimum atomic E-state index is -0.408. The number of fused-ring (bicyclic) bond motifs is 1. The standard InChI is InChI=1S/C15H16FNO2/c1-3-17(4-2)15(19)12-9-8-10-11(14(12)18)6-5-7-13(10)16/h5-9,18H,3-4H2,1-2H3. The maximum Gasteiger partial charge on any atom is 0.257 e. The first-order valence-corrected chi connectivity index (χ1v) is 6.29. The average molecular weight is 261 g/mol. The van der Waals surface area contributed by atoms with Crippen molar-refractivity contribution in [1.82, 2.24) is 4.90 Å². The molecular weight excluding hydrogens is 245 g/mol. The van der Waals surface area contributed by atoms with E-state index in [1.807, 2.05) is 13.8 Å². The molecule has 2 aromatic carbocycles. The Morgan fingerprint density at radius 2 is 1.84 bits per heavy atom. The van der Waals surface area contributed by atoms with E-state index < -0.39 is 5.82 Å². The van der Waals surface area contributed by atoms with Crippen molar-refractivity contribution in [2.45, 2.75) is 13.8 Å². The van der Waals surface area contributed by atoms with Crippen molar-refractivity contribution < 1.29 is 14.3 Å². The third-order valence-electron chi connectivity index (χ3n) is 3.26. The molecule has 0 aromatic heterocycles. The summed E-state index contributed by atoms with van der Waals surface area (Å²) in [5.41, 5.74) is 0.210. The monoisotopic (exact) mass is 261 g/mol. The summed E-state index contributed by atoms with van der Waals surface area (Å²) in [7, 11) is 0. The van der Waals surface area contributed by atoms with Crippen LogP contribution in [0, 0.1) is 5.82 Å². The zero-order valence-corrected chi connectivity index (χ0v) is 11.0. The molecule has 0 saturated heterocycles. The Kier molecular flexibility index (Phi) is 3.69. The summed E-state index contributed by atoms with van der Waals surface area (Å²) in [4.78, 5) is 13.8. The van der Waals surface area contributed by atoms with E-state index in [1.165, 1.54) is 24.3 Å². The maximum atomic E-state index is 13.6. The molecule has 19 heavy (non-hydrogen) atoms. The van der Waals surface area contributed by atoms with E-state index in [9.17, 15) is 14.3 Å². The number of carbonyl (C=O) groups is 1. The second-order valence-corrected chi connectivity index (χ2v) is 4.27. The maximum absolute atomic E-state index is 13.6. The Bertz CT molecular complexity index is 621. The van der Waals surface area contributed by atoms with Crippen LogP contribution in [0.25, 0.3) is 10.8 Å². The number of hydrogen-bond donors (Lipinski definition) is 1. The minimum Gasteiger partial charge on any atom is -0.506 e. The van der Waals surface area contributed by atoms with Crippen LogP contribution in [0.2, 0.25) is 0 Å². The number of phenols is 1. The number of rotatable bonds is 3. The van der Waals surface area contributed by atoms with Gasteiger partial charge in [-0.25, -0.2) is 4.39 Å². The Morgan fingerprint density at radius 1 is 1.16 bits per heavy atom. The quantitative estimate of drug-likeness (QED) is 0.922. The fourth-order valence-corrected chi connectivity index (χ4v) is 2.16. The summed E-state index contributed by atoms with van der Waals surface area (Å²) in [6.45, 7) is 4.88. The van der Waals surface area contributed by atoms with Gasteiger partial charge in [-0.15, -0.1) is 0 Å². The molecule has 0 aliphatic rings. The van der Waals surface area contributed by atoms with Crippen molar-refractivity contribution in [2.75, 3.05) is 13.1 Å². The average Bonchev–Trinajstić information content (AvgIpc) is 2.41. The lowest BCUT2D eigenvalue weighted by Crippen LogP contribution is -2.30. The SMILES string of the molecule is CCN(CC)C(=O)c1ccc2c(F)cccc2c1O. The molecule has 3 nitrogen and oxygen atoms in total. The first-order valence-electron chi connectivity index (χ1n) is 6.29. The van der Waals surface area contributed by atoms with Gasteiger partial charge >= 0.3 is 0 Å². The van der Waals surface area contributed by atoms with Crippen LogP contribution in [-0.4, -0.2) is 29.0 Å². The Morgan fingerprint density at radius 3 is 2.47 bits per heavy atom. The Balaban J connectivity index is 2.57. The molecule has 0 unspecified atom stereocenters. The van der Waals surface area contributed by atoms with Gasteiger partial charge in [-0.05, 0) is 26.0 Å². The first kappa shape index (κ1) is 13.3. The van der Waals surface area contributed by atoms with E-state index in [-0.39, 0.29) is 17.2 Å². The van der Waals surface area contributed by atoms with Crippen molar-refractivity contribution in [3.63, 3.8) is 0 Å². The van der Waals surface area contributed by atoms with Crippen molar-refractivity contribution in [3.05, 3.63) is 41.7 Å². The molecule has 0 aliphatic carbocycles. The van der Waals surface area contributed by atoms with Gasteiger partial charge in [0.15, 0.2) is 0 Å². The van der Waals surface area contributed by atoms with Gasteiger partial charge in [-0.1, -0.05) is 18.2 Å². The summed E-state index contributed by atoms with van der Waals surface area (Å²) in [6.07, 6.45) is 0. The van der Waals surface area contributed by atoms with Gasteiger partial charge in [0.05, 0.1) is 5.56 Å². The van der Waals surface area contributed by atoms with E-state index in [4.69, 9.17) is 0 Å². The molecule has 0 saturated carbocycles. The lowest BCUT2D eigenvalue weighted by molar-refractivity contribution is 0.0770. The van der Waals surface area contributed by atoms with E-state index in [0.717, 1.165) is 0 Å². The smallest absolute Gasteiger partial charge is 0.257 e. The Labute approximate surface area is 111 Å². The Hall–Kier alpha value is -2.10. The van der Waals surface area contributed by atoms with E-state index >= 15 is 0 Å². The number of carbonyl (C=O) groups excluding carboxylic acids is 1. The fraction of sp³-hybridized carbons (Fsp3) is 0.267. The highest BCUT2D eigenvalue weighted by atomic mass is 19.1. The zero-order chi connectivity index (χ0) is 14.0. The van der Waals surface area contributed by atoms with Crippen LogP contribution in [0.3, 0.4) is 0 Å². The van der Waals surface area contributed by atoms with Crippen LogP contribution in [0.15, 0.2) is 30.3 Å². The molecule has 1 amide bonds. The molecule has 0 bridgehead atoms. The lowest BCUT2D eigenvalue weighted by atomic mass is 10.0. The second kappa shape index (κ2) is 5.26. The summed E-state index contributed by atoms with van der Waals surface area (Å²) in [5, 5.41) is 10.8. The first-order chi connectivity index (χ1) is 9.10.